The fourth-order valence-electron chi connectivity index (χ4n) is 4.32. The highest BCUT2D eigenvalue weighted by atomic mass is 16.6. The standard InChI is InChI=1S/C26H36N2O3/c1-17(2)18-13-15-19(16-14-18)21-22(20-11-9-8-10-12-20)27-28(6)23(21)24(25(29)30-7)31-26(3,4)5/h8-12,15,17-18,24H,13-14,16H2,1-7H3. The van der Waals surface area contributed by atoms with Crippen LogP contribution in [0.4, 0.5) is 0 Å². The third-order valence-electron chi connectivity index (χ3n) is 5.99. The van der Waals surface area contributed by atoms with Crippen LogP contribution in [0.25, 0.3) is 16.8 Å². The van der Waals surface area contributed by atoms with Gasteiger partial charge in [-0.25, -0.2) is 4.79 Å². The first kappa shape index (κ1) is 23.3. The second-order valence-electron chi connectivity index (χ2n) is 9.74. The highest BCUT2D eigenvalue weighted by molar-refractivity contribution is 5.85. The van der Waals surface area contributed by atoms with E-state index in [0.29, 0.717) is 11.8 Å². The van der Waals surface area contributed by atoms with Gasteiger partial charge in [-0.2, -0.15) is 5.10 Å². The minimum absolute atomic E-state index is 0.407. The summed E-state index contributed by atoms with van der Waals surface area (Å²) in [5.41, 5.74) is 4.41. The van der Waals surface area contributed by atoms with E-state index in [1.807, 2.05) is 46.0 Å². The number of nitrogens with zero attached hydrogens (tertiary/aromatic N) is 2. The minimum Gasteiger partial charge on any atom is -0.467 e. The Labute approximate surface area is 186 Å². The molecule has 168 valence electrons. The van der Waals surface area contributed by atoms with Gasteiger partial charge in [0.15, 0.2) is 6.10 Å². The van der Waals surface area contributed by atoms with Gasteiger partial charge in [0.2, 0.25) is 0 Å². The van der Waals surface area contributed by atoms with Gasteiger partial charge in [-0.3, -0.25) is 4.68 Å². The van der Waals surface area contributed by atoms with Gasteiger partial charge >= 0.3 is 5.97 Å². The van der Waals surface area contributed by atoms with Crippen LogP contribution in [-0.2, 0) is 21.3 Å². The van der Waals surface area contributed by atoms with Crippen molar-refractivity contribution in [2.75, 3.05) is 7.11 Å². The molecule has 0 radical (unpaired) electrons. The number of esters is 1. The lowest BCUT2D eigenvalue weighted by molar-refractivity contribution is -0.165. The summed E-state index contributed by atoms with van der Waals surface area (Å²) in [7, 11) is 3.29. The molecule has 5 heteroatoms. The fourth-order valence-corrected chi connectivity index (χ4v) is 4.32. The summed E-state index contributed by atoms with van der Waals surface area (Å²) in [5.74, 6) is 0.938. The number of aromatic nitrogens is 2. The molecule has 0 saturated heterocycles. The molecular formula is C26H36N2O3. The normalized spacial score (nSPS) is 18.1. The summed E-state index contributed by atoms with van der Waals surface area (Å²) >= 11 is 0. The molecule has 3 rings (SSSR count). The zero-order chi connectivity index (χ0) is 22.8. The summed E-state index contributed by atoms with van der Waals surface area (Å²) in [6.07, 6.45) is 4.63. The van der Waals surface area contributed by atoms with E-state index in [1.54, 1.807) is 4.68 Å². The van der Waals surface area contributed by atoms with Crippen molar-refractivity contribution in [2.45, 2.75) is 65.6 Å². The molecule has 5 nitrogen and oxygen atoms in total. The third kappa shape index (κ3) is 5.27. The van der Waals surface area contributed by atoms with Crippen molar-refractivity contribution in [1.29, 1.82) is 0 Å². The first-order chi connectivity index (χ1) is 14.6. The number of benzene rings is 1. The summed E-state index contributed by atoms with van der Waals surface area (Å²) in [4.78, 5) is 12.9. The van der Waals surface area contributed by atoms with Crippen molar-refractivity contribution in [2.24, 2.45) is 18.9 Å². The van der Waals surface area contributed by atoms with E-state index in [0.717, 1.165) is 41.8 Å². The molecule has 0 saturated carbocycles. The van der Waals surface area contributed by atoms with Crippen molar-refractivity contribution < 1.29 is 14.3 Å². The summed E-state index contributed by atoms with van der Waals surface area (Å²) < 4.78 is 13.2. The summed E-state index contributed by atoms with van der Waals surface area (Å²) in [5, 5.41) is 4.87. The molecule has 2 unspecified atom stereocenters. The maximum atomic E-state index is 12.9. The van der Waals surface area contributed by atoms with E-state index in [-0.39, 0.29) is 0 Å². The van der Waals surface area contributed by atoms with Crippen LogP contribution in [-0.4, -0.2) is 28.5 Å². The first-order valence-corrected chi connectivity index (χ1v) is 11.2. The van der Waals surface area contributed by atoms with Crippen molar-refractivity contribution in [3.05, 3.63) is 47.7 Å². The molecule has 1 aromatic carbocycles. The monoisotopic (exact) mass is 424 g/mol. The molecule has 0 aliphatic heterocycles. The van der Waals surface area contributed by atoms with Crippen molar-refractivity contribution in [3.8, 4) is 11.3 Å². The first-order valence-electron chi connectivity index (χ1n) is 11.2. The highest BCUT2D eigenvalue weighted by Crippen LogP contribution is 2.42. The largest absolute Gasteiger partial charge is 0.467 e. The Morgan fingerprint density at radius 1 is 1.19 bits per heavy atom. The van der Waals surface area contributed by atoms with E-state index in [4.69, 9.17) is 14.6 Å². The Bertz CT molecular complexity index is 936. The molecule has 2 aromatic rings. The number of ether oxygens (including phenoxy) is 2. The highest BCUT2D eigenvalue weighted by Gasteiger charge is 2.36. The smallest absolute Gasteiger partial charge is 0.341 e. The Morgan fingerprint density at radius 3 is 2.39 bits per heavy atom. The average Bonchev–Trinajstić information content (AvgIpc) is 3.08. The second kappa shape index (κ2) is 9.39. The number of hydrogen-bond donors (Lipinski definition) is 0. The third-order valence-corrected chi connectivity index (χ3v) is 5.99. The minimum atomic E-state index is -0.848. The average molecular weight is 425 g/mol. The van der Waals surface area contributed by atoms with Crippen molar-refractivity contribution >= 4 is 11.5 Å². The van der Waals surface area contributed by atoms with Crippen LogP contribution in [0.1, 0.15) is 71.2 Å². The van der Waals surface area contributed by atoms with Gasteiger partial charge in [0.25, 0.3) is 0 Å². The van der Waals surface area contributed by atoms with Gasteiger partial charge in [-0.05, 0) is 57.4 Å². The number of methoxy groups -OCH3 is 1. The van der Waals surface area contributed by atoms with Crippen molar-refractivity contribution in [1.82, 2.24) is 9.78 Å². The van der Waals surface area contributed by atoms with Crippen LogP contribution in [0.15, 0.2) is 36.4 Å². The molecule has 1 aliphatic carbocycles. The van der Waals surface area contributed by atoms with Gasteiger partial charge in [0.1, 0.15) is 5.69 Å². The van der Waals surface area contributed by atoms with Gasteiger partial charge in [-0.15, -0.1) is 0 Å². The molecule has 0 bridgehead atoms. The molecule has 1 aliphatic rings. The predicted octanol–water partition coefficient (Wildman–Crippen LogP) is 5.96. The molecule has 1 heterocycles. The SMILES string of the molecule is COC(=O)C(OC(C)(C)C)c1c(C2=CCC(C(C)C)CC2)c(-c2ccccc2)nn1C. The van der Waals surface area contributed by atoms with E-state index in [9.17, 15) is 4.79 Å². The maximum absolute atomic E-state index is 12.9. The second-order valence-corrected chi connectivity index (χ2v) is 9.74. The maximum Gasteiger partial charge on any atom is 0.341 e. The van der Waals surface area contributed by atoms with Crippen LogP contribution >= 0.6 is 0 Å². The molecule has 0 N–H and O–H groups in total. The molecule has 0 spiro atoms. The van der Waals surface area contributed by atoms with Gasteiger partial charge in [0.05, 0.1) is 18.4 Å². The Balaban J connectivity index is 2.19. The predicted molar refractivity (Wildman–Crippen MR) is 124 cm³/mol. The van der Waals surface area contributed by atoms with E-state index in [1.165, 1.54) is 12.7 Å². The lowest BCUT2D eigenvalue weighted by Crippen LogP contribution is -2.30. The van der Waals surface area contributed by atoms with E-state index < -0.39 is 17.7 Å². The summed E-state index contributed by atoms with van der Waals surface area (Å²) in [6, 6.07) is 10.2. The van der Waals surface area contributed by atoms with Gasteiger partial charge in [0, 0.05) is 18.2 Å². The van der Waals surface area contributed by atoms with Crippen LogP contribution in [0.5, 0.6) is 0 Å². The number of carbonyl (C=O) groups is 1. The fraction of sp³-hybridized carbons (Fsp3) is 0.538. The van der Waals surface area contributed by atoms with Gasteiger partial charge < -0.3 is 9.47 Å². The molecule has 2 atom stereocenters. The molecular weight excluding hydrogens is 388 g/mol. The van der Waals surface area contributed by atoms with Crippen LogP contribution in [0.2, 0.25) is 0 Å². The van der Waals surface area contributed by atoms with Gasteiger partial charge in [-0.1, -0.05) is 50.3 Å². The Kier molecular flexibility index (Phi) is 7.05. The molecule has 0 amide bonds. The lowest BCUT2D eigenvalue weighted by Gasteiger charge is -2.29. The van der Waals surface area contributed by atoms with E-state index >= 15 is 0 Å². The Hall–Kier alpha value is -2.40. The van der Waals surface area contributed by atoms with Crippen LogP contribution < -0.4 is 0 Å². The van der Waals surface area contributed by atoms with Crippen LogP contribution in [0.3, 0.4) is 0 Å². The zero-order valence-corrected chi connectivity index (χ0v) is 19.9. The molecule has 31 heavy (non-hydrogen) atoms. The number of carbonyl (C=O) groups excluding carboxylic acids is 1. The lowest BCUT2D eigenvalue weighted by atomic mass is 9.79. The molecule has 1 aromatic heterocycles. The Morgan fingerprint density at radius 2 is 1.87 bits per heavy atom. The number of rotatable bonds is 6. The zero-order valence-electron chi connectivity index (χ0n) is 19.9. The number of aryl methyl sites for hydroxylation is 1. The quantitative estimate of drug-likeness (QED) is 0.537. The molecule has 0 fully saturated rings. The number of allylic oxidation sites excluding steroid dienone is 2. The summed E-state index contributed by atoms with van der Waals surface area (Å²) in [6.45, 7) is 10.4. The topological polar surface area (TPSA) is 53.4 Å². The number of hydrogen-bond acceptors (Lipinski definition) is 4. The van der Waals surface area contributed by atoms with Crippen molar-refractivity contribution in [3.63, 3.8) is 0 Å². The van der Waals surface area contributed by atoms with Crippen LogP contribution in [0, 0.1) is 11.8 Å². The van der Waals surface area contributed by atoms with E-state index in [2.05, 4.69) is 32.1 Å².